The molecule has 1 aliphatic heterocycles. The standard InChI is InChI=1S/C19H32N4O.HI/c1-4-12-21-19(20-5-2)22-15-18(23-13-6-7-14-23)16-8-10-17(24-3)11-9-16;/h8-11,18H,4-7,12-15H2,1-3H3,(H2,20,21,22);1H. The summed E-state index contributed by atoms with van der Waals surface area (Å²) >= 11 is 0. The van der Waals surface area contributed by atoms with Crippen LogP contribution in [0.2, 0.25) is 0 Å². The Bertz CT molecular complexity index is 501. The van der Waals surface area contributed by atoms with E-state index in [4.69, 9.17) is 9.73 Å². The van der Waals surface area contributed by atoms with Crippen molar-refractivity contribution in [2.45, 2.75) is 39.2 Å². The number of nitrogens with zero attached hydrogens (tertiary/aromatic N) is 2. The van der Waals surface area contributed by atoms with Gasteiger partial charge in [0.15, 0.2) is 5.96 Å². The molecule has 0 aliphatic carbocycles. The number of aliphatic imine (C=N–C) groups is 1. The maximum absolute atomic E-state index is 5.29. The predicted molar refractivity (Wildman–Crippen MR) is 116 cm³/mol. The molecule has 2 rings (SSSR count). The normalized spacial score (nSPS) is 16.2. The first-order valence-electron chi connectivity index (χ1n) is 9.18. The summed E-state index contributed by atoms with van der Waals surface area (Å²) in [6.45, 7) is 9.18. The number of benzene rings is 1. The molecule has 1 aromatic carbocycles. The molecule has 0 radical (unpaired) electrons. The predicted octanol–water partition coefficient (Wildman–Crippen LogP) is 3.42. The maximum atomic E-state index is 5.29. The Morgan fingerprint density at radius 3 is 2.40 bits per heavy atom. The Labute approximate surface area is 169 Å². The Morgan fingerprint density at radius 2 is 1.84 bits per heavy atom. The van der Waals surface area contributed by atoms with Gasteiger partial charge < -0.3 is 15.4 Å². The van der Waals surface area contributed by atoms with Crippen molar-refractivity contribution in [3.8, 4) is 5.75 Å². The summed E-state index contributed by atoms with van der Waals surface area (Å²) in [6, 6.07) is 8.76. The summed E-state index contributed by atoms with van der Waals surface area (Å²) in [5, 5.41) is 6.72. The van der Waals surface area contributed by atoms with Gasteiger partial charge in [0.2, 0.25) is 0 Å². The number of methoxy groups -OCH3 is 1. The zero-order chi connectivity index (χ0) is 17.2. The van der Waals surface area contributed by atoms with Gasteiger partial charge in [0.25, 0.3) is 0 Å². The molecule has 1 heterocycles. The largest absolute Gasteiger partial charge is 0.497 e. The van der Waals surface area contributed by atoms with E-state index in [0.717, 1.165) is 50.9 Å². The average Bonchev–Trinajstić information content (AvgIpc) is 3.14. The fraction of sp³-hybridized carbons (Fsp3) is 0.632. The molecule has 6 heteroatoms. The lowest BCUT2D eigenvalue weighted by Gasteiger charge is -2.27. The molecular weight excluding hydrogens is 427 g/mol. The molecule has 0 bridgehead atoms. The second kappa shape index (κ2) is 12.4. The molecule has 1 saturated heterocycles. The number of rotatable bonds is 8. The summed E-state index contributed by atoms with van der Waals surface area (Å²) in [7, 11) is 1.71. The van der Waals surface area contributed by atoms with Crippen molar-refractivity contribution in [2.75, 3.05) is 39.8 Å². The van der Waals surface area contributed by atoms with Gasteiger partial charge in [-0.1, -0.05) is 19.1 Å². The Balaban J connectivity index is 0.00000312. The number of guanidine groups is 1. The summed E-state index contributed by atoms with van der Waals surface area (Å²) in [4.78, 5) is 7.39. The third-order valence-corrected chi connectivity index (χ3v) is 4.39. The van der Waals surface area contributed by atoms with E-state index in [1.807, 2.05) is 12.1 Å². The fourth-order valence-corrected chi connectivity index (χ4v) is 3.07. The molecule has 5 nitrogen and oxygen atoms in total. The van der Waals surface area contributed by atoms with Crippen molar-refractivity contribution in [1.29, 1.82) is 0 Å². The molecule has 0 amide bonds. The third-order valence-electron chi connectivity index (χ3n) is 4.39. The van der Waals surface area contributed by atoms with Crippen molar-refractivity contribution in [3.63, 3.8) is 0 Å². The van der Waals surface area contributed by atoms with Crippen LogP contribution in [0.1, 0.15) is 44.7 Å². The molecule has 1 atom stereocenters. The summed E-state index contributed by atoms with van der Waals surface area (Å²) in [5.74, 6) is 1.82. The zero-order valence-corrected chi connectivity index (χ0v) is 18.1. The number of hydrogen-bond donors (Lipinski definition) is 2. The van der Waals surface area contributed by atoms with Crippen LogP contribution in [0.3, 0.4) is 0 Å². The van der Waals surface area contributed by atoms with Crippen LogP contribution in [0, 0.1) is 0 Å². The van der Waals surface area contributed by atoms with E-state index in [2.05, 4.69) is 41.5 Å². The molecule has 0 saturated carbocycles. The van der Waals surface area contributed by atoms with Gasteiger partial charge in [0.05, 0.1) is 19.7 Å². The molecular formula is C19H33IN4O. The second-order valence-electron chi connectivity index (χ2n) is 6.18. The first kappa shape index (κ1) is 22.0. The van der Waals surface area contributed by atoms with Crippen molar-refractivity contribution in [1.82, 2.24) is 15.5 Å². The van der Waals surface area contributed by atoms with Crippen molar-refractivity contribution < 1.29 is 4.74 Å². The highest BCUT2D eigenvalue weighted by Gasteiger charge is 2.23. The molecule has 25 heavy (non-hydrogen) atoms. The van der Waals surface area contributed by atoms with Crippen LogP contribution in [0.4, 0.5) is 0 Å². The van der Waals surface area contributed by atoms with Crippen LogP contribution in [0.25, 0.3) is 0 Å². The van der Waals surface area contributed by atoms with Gasteiger partial charge in [-0.05, 0) is 57.0 Å². The molecule has 1 aliphatic rings. The van der Waals surface area contributed by atoms with E-state index in [0.29, 0.717) is 6.04 Å². The lowest BCUT2D eigenvalue weighted by molar-refractivity contribution is 0.251. The van der Waals surface area contributed by atoms with Crippen molar-refractivity contribution in [3.05, 3.63) is 29.8 Å². The van der Waals surface area contributed by atoms with Crippen LogP contribution < -0.4 is 15.4 Å². The van der Waals surface area contributed by atoms with E-state index in [-0.39, 0.29) is 24.0 Å². The Morgan fingerprint density at radius 1 is 1.16 bits per heavy atom. The van der Waals surface area contributed by atoms with Crippen LogP contribution in [0.15, 0.2) is 29.3 Å². The number of likely N-dealkylation sites (tertiary alicyclic amines) is 1. The Hall–Kier alpha value is -1.02. The molecule has 0 aromatic heterocycles. The van der Waals surface area contributed by atoms with Crippen LogP contribution in [0.5, 0.6) is 5.75 Å². The lowest BCUT2D eigenvalue weighted by Crippen LogP contribution is -2.38. The first-order valence-corrected chi connectivity index (χ1v) is 9.18. The summed E-state index contributed by atoms with van der Waals surface area (Å²) in [5.41, 5.74) is 1.31. The van der Waals surface area contributed by atoms with Crippen LogP contribution in [-0.2, 0) is 0 Å². The highest BCUT2D eigenvalue weighted by molar-refractivity contribution is 14.0. The molecule has 1 fully saturated rings. The van der Waals surface area contributed by atoms with Gasteiger partial charge in [-0.25, -0.2) is 0 Å². The maximum Gasteiger partial charge on any atom is 0.191 e. The highest BCUT2D eigenvalue weighted by Crippen LogP contribution is 2.27. The van der Waals surface area contributed by atoms with E-state index >= 15 is 0 Å². The van der Waals surface area contributed by atoms with Gasteiger partial charge in [-0.15, -0.1) is 24.0 Å². The van der Waals surface area contributed by atoms with E-state index in [1.54, 1.807) is 7.11 Å². The number of nitrogens with one attached hydrogen (secondary N) is 2. The van der Waals surface area contributed by atoms with Gasteiger partial charge >= 0.3 is 0 Å². The number of halogens is 1. The van der Waals surface area contributed by atoms with Gasteiger partial charge in [-0.3, -0.25) is 9.89 Å². The quantitative estimate of drug-likeness (QED) is 0.355. The molecule has 142 valence electrons. The average molecular weight is 460 g/mol. The summed E-state index contributed by atoms with van der Waals surface area (Å²) in [6.07, 6.45) is 3.66. The molecule has 1 aromatic rings. The molecule has 0 spiro atoms. The Kier molecular flexibility index (Phi) is 10.9. The minimum absolute atomic E-state index is 0. The van der Waals surface area contributed by atoms with Gasteiger partial charge in [0.1, 0.15) is 5.75 Å². The monoisotopic (exact) mass is 460 g/mol. The minimum Gasteiger partial charge on any atom is -0.497 e. The fourth-order valence-electron chi connectivity index (χ4n) is 3.07. The van der Waals surface area contributed by atoms with Gasteiger partial charge in [-0.2, -0.15) is 0 Å². The van der Waals surface area contributed by atoms with E-state index in [1.165, 1.54) is 18.4 Å². The van der Waals surface area contributed by atoms with Crippen molar-refractivity contribution >= 4 is 29.9 Å². The first-order chi connectivity index (χ1) is 11.8. The van der Waals surface area contributed by atoms with Crippen LogP contribution in [-0.4, -0.2) is 50.7 Å². The third kappa shape index (κ3) is 7.01. The van der Waals surface area contributed by atoms with Crippen LogP contribution >= 0.6 is 24.0 Å². The molecule has 1 unspecified atom stereocenters. The zero-order valence-electron chi connectivity index (χ0n) is 15.8. The summed E-state index contributed by atoms with van der Waals surface area (Å²) < 4.78 is 5.29. The molecule has 2 N–H and O–H groups in total. The smallest absolute Gasteiger partial charge is 0.191 e. The minimum atomic E-state index is 0. The lowest BCUT2D eigenvalue weighted by atomic mass is 10.1. The number of hydrogen-bond acceptors (Lipinski definition) is 3. The SMILES string of the molecule is CCCNC(=NCC(c1ccc(OC)cc1)N1CCCC1)NCC.I. The second-order valence-corrected chi connectivity index (χ2v) is 6.18. The highest BCUT2D eigenvalue weighted by atomic mass is 127. The van der Waals surface area contributed by atoms with Gasteiger partial charge in [0, 0.05) is 13.1 Å². The van der Waals surface area contributed by atoms with E-state index in [9.17, 15) is 0 Å². The van der Waals surface area contributed by atoms with E-state index < -0.39 is 0 Å². The topological polar surface area (TPSA) is 48.9 Å². The van der Waals surface area contributed by atoms with Crippen molar-refractivity contribution in [2.24, 2.45) is 4.99 Å². The number of ether oxygens (including phenoxy) is 1.